The van der Waals surface area contributed by atoms with Crippen LogP contribution in [-0.2, 0) is 11.3 Å². The standard InChI is InChI=1S/C14H12ClN3O2/c15-9-3-1-4-10(7-9)16-13(19)11-8-18-6-2-5-12(18)14(20)17-11/h1-7,11H,8H2,(H,16,19)(H,17,20). The molecule has 2 N–H and O–H groups in total. The minimum atomic E-state index is -0.596. The fourth-order valence-electron chi connectivity index (χ4n) is 2.20. The molecule has 3 rings (SSSR count). The van der Waals surface area contributed by atoms with E-state index >= 15 is 0 Å². The molecule has 2 amide bonds. The van der Waals surface area contributed by atoms with Gasteiger partial charge in [-0.25, -0.2) is 0 Å². The van der Waals surface area contributed by atoms with E-state index in [9.17, 15) is 9.59 Å². The molecule has 1 atom stereocenters. The zero-order valence-corrected chi connectivity index (χ0v) is 11.2. The number of benzene rings is 1. The van der Waals surface area contributed by atoms with Crippen molar-refractivity contribution in [1.82, 2.24) is 9.88 Å². The first-order valence-corrected chi connectivity index (χ1v) is 6.54. The van der Waals surface area contributed by atoms with Crippen molar-refractivity contribution < 1.29 is 9.59 Å². The highest BCUT2D eigenvalue weighted by atomic mass is 35.5. The predicted octanol–water partition coefficient (Wildman–Crippen LogP) is 1.89. The molecule has 0 radical (unpaired) electrons. The number of rotatable bonds is 2. The second-order valence-corrected chi connectivity index (χ2v) is 5.01. The van der Waals surface area contributed by atoms with E-state index in [0.29, 0.717) is 22.9 Å². The average Bonchev–Trinajstić information content (AvgIpc) is 2.87. The molecule has 1 aromatic heterocycles. The van der Waals surface area contributed by atoms with Crippen molar-refractivity contribution in [3.63, 3.8) is 0 Å². The Morgan fingerprint density at radius 2 is 2.20 bits per heavy atom. The van der Waals surface area contributed by atoms with Gasteiger partial charge in [0.05, 0.1) is 6.54 Å². The van der Waals surface area contributed by atoms with Gasteiger partial charge in [-0.15, -0.1) is 0 Å². The van der Waals surface area contributed by atoms with Gasteiger partial charge in [0, 0.05) is 16.9 Å². The van der Waals surface area contributed by atoms with Gasteiger partial charge in [-0.05, 0) is 30.3 Å². The lowest BCUT2D eigenvalue weighted by atomic mass is 10.2. The van der Waals surface area contributed by atoms with E-state index in [4.69, 9.17) is 11.6 Å². The molecule has 20 heavy (non-hydrogen) atoms. The Bertz CT molecular complexity index is 681. The lowest BCUT2D eigenvalue weighted by Gasteiger charge is -2.24. The third kappa shape index (κ3) is 2.40. The number of halogens is 1. The summed E-state index contributed by atoms with van der Waals surface area (Å²) >= 11 is 5.86. The van der Waals surface area contributed by atoms with Gasteiger partial charge in [0.1, 0.15) is 11.7 Å². The summed E-state index contributed by atoms with van der Waals surface area (Å²) in [5, 5.41) is 5.98. The number of hydrogen-bond acceptors (Lipinski definition) is 2. The smallest absolute Gasteiger partial charge is 0.268 e. The van der Waals surface area contributed by atoms with Gasteiger partial charge < -0.3 is 15.2 Å². The number of anilines is 1. The van der Waals surface area contributed by atoms with E-state index in [2.05, 4.69) is 10.6 Å². The van der Waals surface area contributed by atoms with Crippen LogP contribution in [0.4, 0.5) is 5.69 Å². The van der Waals surface area contributed by atoms with Crippen LogP contribution in [0.5, 0.6) is 0 Å². The summed E-state index contributed by atoms with van der Waals surface area (Å²) in [4.78, 5) is 24.0. The first kappa shape index (κ1) is 12.7. The molecule has 0 saturated heterocycles. The third-order valence-corrected chi connectivity index (χ3v) is 3.39. The highest BCUT2D eigenvalue weighted by molar-refractivity contribution is 6.30. The Morgan fingerprint density at radius 3 is 3.00 bits per heavy atom. The second kappa shape index (κ2) is 5.02. The summed E-state index contributed by atoms with van der Waals surface area (Å²) < 4.78 is 1.76. The number of nitrogens with one attached hydrogen (secondary N) is 2. The molecule has 1 aliphatic heterocycles. The number of carbonyl (C=O) groups is 2. The molecule has 1 aromatic carbocycles. The molecule has 2 heterocycles. The zero-order valence-electron chi connectivity index (χ0n) is 10.5. The van der Waals surface area contributed by atoms with Crippen molar-refractivity contribution in [1.29, 1.82) is 0 Å². The first-order valence-electron chi connectivity index (χ1n) is 6.16. The Balaban J connectivity index is 1.74. The van der Waals surface area contributed by atoms with E-state index in [0.717, 1.165) is 0 Å². The van der Waals surface area contributed by atoms with E-state index in [1.54, 1.807) is 47.2 Å². The van der Waals surface area contributed by atoms with Crippen LogP contribution < -0.4 is 10.6 Å². The summed E-state index contributed by atoms with van der Waals surface area (Å²) in [6.07, 6.45) is 1.79. The molecule has 2 aromatic rings. The summed E-state index contributed by atoms with van der Waals surface area (Å²) in [6.45, 7) is 0.417. The maximum Gasteiger partial charge on any atom is 0.268 e. The molecule has 0 aliphatic carbocycles. The van der Waals surface area contributed by atoms with Gasteiger partial charge in [0.2, 0.25) is 5.91 Å². The van der Waals surface area contributed by atoms with E-state index in [1.165, 1.54) is 0 Å². The Labute approximate surface area is 120 Å². The average molecular weight is 290 g/mol. The maximum atomic E-state index is 12.2. The van der Waals surface area contributed by atoms with Crippen molar-refractivity contribution in [2.45, 2.75) is 12.6 Å². The van der Waals surface area contributed by atoms with Gasteiger partial charge in [0.15, 0.2) is 0 Å². The lowest BCUT2D eigenvalue weighted by molar-refractivity contribution is -0.118. The maximum absolute atomic E-state index is 12.2. The zero-order chi connectivity index (χ0) is 14.1. The van der Waals surface area contributed by atoms with Crippen LogP contribution in [-0.4, -0.2) is 22.4 Å². The number of carbonyl (C=O) groups excluding carboxylic acids is 2. The molecule has 0 fully saturated rings. The molecular formula is C14H12ClN3O2. The fourth-order valence-corrected chi connectivity index (χ4v) is 2.39. The van der Waals surface area contributed by atoms with Crippen molar-refractivity contribution in [3.05, 3.63) is 53.3 Å². The molecule has 0 bridgehead atoms. The van der Waals surface area contributed by atoms with Crippen molar-refractivity contribution in [3.8, 4) is 0 Å². The highest BCUT2D eigenvalue weighted by Crippen LogP contribution is 2.16. The molecule has 0 saturated carbocycles. The highest BCUT2D eigenvalue weighted by Gasteiger charge is 2.28. The van der Waals surface area contributed by atoms with E-state index in [-0.39, 0.29) is 11.8 Å². The Morgan fingerprint density at radius 1 is 1.35 bits per heavy atom. The van der Waals surface area contributed by atoms with Crippen LogP contribution in [0.15, 0.2) is 42.6 Å². The molecule has 1 aliphatic rings. The summed E-state index contributed by atoms with van der Waals surface area (Å²) in [5.74, 6) is -0.507. The molecule has 6 heteroatoms. The summed E-state index contributed by atoms with van der Waals surface area (Å²) in [5.41, 5.74) is 1.17. The molecule has 102 valence electrons. The van der Waals surface area contributed by atoms with Crippen molar-refractivity contribution in [2.75, 3.05) is 5.32 Å². The normalized spacial score (nSPS) is 17.2. The van der Waals surface area contributed by atoms with E-state index in [1.807, 2.05) is 0 Å². The van der Waals surface area contributed by atoms with Gasteiger partial charge in [-0.2, -0.15) is 0 Å². The second-order valence-electron chi connectivity index (χ2n) is 4.57. The van der Waals surface area contributed by atoms with Crippen molar-refractivity contribution >= 4 is 29.1 Å². The van der Waals surface area contributed by atoms with Crippen LogP contribution in [0.2, 0.25) is 5.02 Å². The fraction of sp³-hybridized carbons (Fsp3) is 0.143. The quantitative estimate of drug-likeness (QED) is 0.887. The molecule has 0 spiro atoms. The lowest BCUT2D eigenvalue weighted by Crippen LogP contribution is -2.50. The van der Waals surface area contributed by atoms with Gasteiger partial charge in [-0.1, -0.05) is 17.7 Å². The van der Waals surface area contributed by atoms with Crippen molar-refractivity contribution in [2.24, 2.45) is 0 Å². The number of fused-ring (bicyclic) bond motifs is 1. The molecule has 1 unspecified atom stereocenters. The number of nitrogens with zero attached hydrogens (tertiary/aromatic N) is 1. The van der Waals surface area contributed by atoms with Crippen LogP contribution >= 0.6 is 11.6 Å². The Hall–Kier alpha value is -2.27. The van der Waals surface area contributed by atoms with Crippen LogP contribution in [0.25, 0.3) is 0 Å². The van der Waals surface area contributed by atoms with Gasteiger partial charge in [0.25, 0.3) is 5.91 Å². The minimum Gasteiger partial charge on any atom is -0.341 e. The summed E-state index contributed by atoms with van der Waals surface area (Å²) in [7, 11) is 0. The SMILES string of the molecule is O=C1NC(C(=O)Nc2cccc(Cl)c2)Cn2cccc21. The third-order valence-electron chi connectivity index (χ3n) is 3.16. The van der Waals surface area contributed by atoms with Crippen LogP contribution in [0, 0.1) is 0 Å². The van der Waals surface area contributed by atoms with Gasteiger partial charge in [-0.3, -0.25) is 9.59 Å². The van der Waals surface area contributed by atoms with Crippen LogP contribution in [0.1, 0.15) is 10.5 Å². The topological polar surface area (TPSA) is 63.1 Å². The van der Waals surface area contributed by atoms with Gasteiger partial charge >= 0.3 is 0 Å². The largest absolute Gasteiger partial charge is 0.341 e. The van der Waals surface area contributed by atoms with Crippen LogP contribution in [0.3, 0.4) is 0 Å². The number of amides is 2. The number of aromatic nitrogens is 1. The Kier molecular flexibility index (Phi) is 3.20. The number of hydrogen-bond donors (Lipinski definition) is 2. The molecule has 5 nitrogen and oxygen atoms in total. The predicted molar refractivity (Wildman–Crippen MR) is 75.8 cm³/mol. The van der Waals surface area contributed by atoms with E-state index < -0.39 is 6.04 Å². The summed E-state index contributed by atoms with van der Waals surface area (Å²) in [6, 6.07) is 9.79. The first-order chi connectivity index (χ1) is 9.63. The molecular weight excluding hydrogens is 278 g/mol. The monoisotopic (exact) mass is 289 g/mol. The minimum absolute atomic E-state index is 0.243.